The quantitative estimate of drug-likeness (QED) is 0.524. The molecule has 2 amide bonds. The minimum Gasteiger partial charge on any atom is -0.382 e. The fraction of sp³-hybridized carbons (Fsp3) is 0.370. The van der Waals surface area contributed by atoms with Gasteiger partial charge in [0.1, 0.15) is 5.82 Å². The third-order valence-electron chi connectivity index (χ3n) is 6.64. The maximum atomic E-state index is 13.4. The summed E-state index contributed by atoms with van der Waals surface area (Å²) in [5.41, 5.74) is 4.04. The number of amides is 2. The molecule has 1 atom stereocenters. The lowest BCUT2D eigenvalue weighted by molar-refractivity contribution is 0.254. The smallest absolute Gasteiger partial charge is 0.328 e. The highest BCUT2D eigenvalue weighted by molar-refractivity contribution is 6.03. The van der Waals surface area contributed by atoms with Crippen molar-refractivity contribution in [2.24, 2.45) is 0 Å². The van der Waals surface area contributed by atoms with Crippen molar-refractivity contribution < 1.29 is 4.79 Å². The van der Waals surface area contributed by atoms with Crippen LogP contribution >= 0.6 is 0 Å². The number of urea groups is 1. The van der Waals surface area contributed by atoms with Gasteiger partial charge in [0.25, 0.3) is 0 Å². The number of piperidine rings is 1. The van der Waals surface area contributed by atoms with E-state index in [2.05, 4.69) is 51.7 Å². The molecule has 7 nitrogen and oxygen atoms in total. The second kappa shape index (κ2) is 10.1. The van der Waals surface area contributed by atoms with E-state index in [0.717, 1.165) is 49.4 Å². The van der Waals surface area contributed by atoms with Crippen LogP contribution in [0.1, 0.15) is 39.0 Å². The van der Waals surface area contributed by atoms with Crippen LogP contribution in [0.4, 0.5) is 27.8 Å². The number of rotatable bonds is 3. The summed E-state index contributed by atoms with van der Waals surface area (Å²) in [6.45, 7) is 5.14. The number of benzene rings is 1. The molecule has 1 saturated heterocycles. The Morgan fingerprint density at radius 3 is 2.74 bits per heavy atom. The van der Waals surface area contributed by atoms with Gasteiger partial charge in [0.15, 0.2) is 5.82 Å². The minimum absolute atomic E-state index is 0.00648. The standard InChI is InChI=1S/C27H32N6O/c1-20-9-8-16-28-24-14-13-23(21-10-7-11-22(19-21)32-17-5-2-6-18-32)30-26(24)33(20)27(34)31-25-12-3-4-15-29-25/h3-4,7,10-15,19-20,28H,2,5-6,8-9,16-18H2,1H3,(H,29,31,34)/t20-/m1/s1. The van der Waals surface area contributed by atoms with Gasteiger partial charge in [-0.05, 0) is 75.4 Å². The molecule has 2 aromatic heterocycles. The van der Waals surface area contributed by atoms with E-state index < -0.39 is 0 Å². The van der Waals surface area contributed by atoms with Gasteiger partial charge >= 0.3 is 6.03 Å². The highest BCUT2D eigenvalue weighted by atomic mass is 16.2. The van der Waals surface area contributed by atoms with E-state index in [9.17, 15) is 4.79 Å². The van der Waals surface area contributed by atoms with Crippen molar-refractivity contribution in [1.29, 1.82) is 0 Å². The molecule has 0 aliphatic carbocycles. The van der Waals surface area contributed by atoms with E-state index in [1.165, 1.54) is 24.9 Å². The van der Waals surface area contributed by atoms with Gasteiger partial charge in [0, 0.05) is 43.1 Å². The molecule has 2 N–H and O–H groups in total. The SMILES string of the molecule is C[C@@H]1CCCNc2ccc(-c3cccc(N4CCCCC4)c3)nc2N1C(=O)Nc1ccccn1. The van der Waals surface area contributed by atoms with Crippen molar-refractivity contribution in [1.82, 2.24) is 9.97 Å². The van der Waals surface area contributed by atoms with Crippen LogP contribution in [0.3, 0.4) is 0 Å². The maximum Gasteiger partial charge on any atom is 0.328 e. The molecule has 2 aliphatic heterocycles. The zero-order chi connectivity index (χ0) is 23.3. The van der Waals surface area contributed by atoms with E-state index in [0.29, 0.717) is 11.6 Å². The average Bonchev–Trinajstić information content (AvgIpc) is 2.87. The van der Waals surface area contributed by atoms with Crippen LogP contribution in [-0.4, -0.2) is 41.7 Å². The molecule has 4 heterocycles. The predicted octanol–water partition coefficient (Wildman–Crippen LogP) is 5.77. The van der Waals surface area contributed by atoms with Crippen LogP contribution in [0.5, 0.6) is 0 Å². The van der Waals surface area contributed by atoms with Gasteiger partial charge in [0.05, 0.1) is 11.4 Å². The predicted molar refractivity (Wildman–Crippen MR) is 139 cm³/mol. The lowest BCUT2D eigenvalue weighted by Gasteiger charge is -2.32. The molecule has 7 heteroatoms. The van der Waals surface area contributed by atoms with Gasteiger partial charge in [-0.2, -0.15) is 0 Å². The molecule has 5 rings (SSSR count). The summed E-state index contributed by atoms with van der Waals surface area (Å²) in [5, 5.41) is 6.41. The molecule has 3 aromatic rings. The zero-order valence-electron chi connectivity index (χ0n) is 19.7. The van der Waals surface area contributed by atoms with Gasteiger partial charge < -0.3 is 10.2 Å². The fourth-order valence-corrected chi connectivity index (χ4v) is 4.81. The molecular weight excluding hydrogens is 424 g/mol. The molecule has 0 unspecified atom stereocenters. The zero-order valence-corrected chi connectivity index (χ0v) is 19.7. The second-order valence-electron chi connectivity index (χ2n) is 9.10. The third kappa shape index (κ3) is 4.83. The summed E-state index contributed by atoms with van der Waals surface area (Å²) < 4.78 is 0. The first-order valence-corrected chi connectivity index (χ1v) is 12.3. The molecule has 1 fully saturated rings. The Morgan fingerprint density at radius 2 is 1.91 bits per heavy atom. The highest BCUT2D eigenvalue weighted by Crippen LogP contribution is 2.33. The Balaban J connectivity index is 1.49. The van der Waals surface area contributed by atoms with Crippen LogP contribution in [0.2, 0.25) is 0 Å². The normalized spacial score (nSPS) is 18.3. The maximum absolute atomic E-state index is 13.4. The first-order valence-electron chi connectivity index (χ1n) is 12.3. The topological polar surface area (TPSA) is 73.4 Å². The van der Waals surface area contributed by atoms with Gasteiger partial charge in [-0.1, -0.05) is 18.2 Å². The molecule has 176 valence electrons. The number of nitrogens with zero attached hydrogens (tertiary/aromatic N) is 4. The number of hydrogen-bond acceptors (Lipinski definition) is 5. The Labute approximate surface area is 201 Å². The van der Waals surface area contributed by atoms with Gasteiger partial charge in [-0.15, -0.1) is 0 Å². The lowest BCUT2D eigenvalue weighted by atomic mass is 10.1. The van der Waals surface area contributed by atoms with Crippen molar-refractivity contribution in [3.05, 3.63) is 60.8 Å². The van der Waals surface area contributed by atoms with E-state index >= 15 is 0 Å². The second-order valence-corrected chi connectivity index (χ2v) is 9.10. The Bertz CT molecular complexity index is 1130. The van der Waals surface area contributed by atoms with Gasteiger partial charge in [-0.3, -0.25) is 10.2 Å². The van der Waals surface area contributed by atoms with Crippen LogP contribution in [0, 0.1) is 0 Å². The first kappa shape index (κ1) is 22.2. The largest absolute Gasteiger partial charge is 0.382 e. The molecule has 1 aromatic carbocycles. The Hall–Kier alpha value is -3.61. The van der Waals surface area contributed by atoms with Crippen molar-refractivity contribution in [2.45, 2.75) is 45.1 Å². The van der Waals surface area contributed by atoms with Crippen molar-refractivity contribution >= 4 is 29.0 Å². The summed E-state index contributed by atoms with van der Waals surface area (Å²) in [5.74, 6) is 1.18. The molecule has 0 saturated carbocycles. The number of hydrogen-bond donors (Lipinski definition) is 2. The van der Waals surface area contributed by atoms with Crippen LogP contribution in [0.15, 0.2) is 60.8 Å². The lowest BCUT2D eigenvalue weighted by Crippen LogP contribution is -2.43. The minimum atomic E-state index is -0.220. The number of pyridine rings is 2. The number of nitrogens with one attached hydrogen (secondary N) is 2. The van der Waals surface area contributed by atoms with Crippen molar-refractivity contribution in [3.63, 3.8) is 0 Å². The van der Waals surface area contributed by atoms with E-state index in [4.69, 9.17) is 4.98 Å². The number of carbonyl (C=O) groups excluding carboxylic acids is 1. The van der Waals surface area contributed by atoms with Crippen LogP contribution in [0.25, 0.3) is 11.3 Å². The summed E-state index contributed by atoms with van der Waals surface area (Å²) in [6, 6.07) is 18.0. The summed E-state index contributed by atoms with van der Waals surface area (Å²) in [6.07, 6.45) is 7.33. The van der Waals surface area contributed by atoms with Crippen molar-refractivity contribution in [3.8, 4) is 11.3 Å². The summed E-state index contributed by atoms with van der Waals surface area (Å²) in [7, 11) is 0. The van der Waals surface area contributed by atoms with Crippen LogP contribution < -0.4 is 20.4 Å². The Kier molecular flexibility index (Phi) is 6.60. The van der Waals surface area contributed by atoms with Gasteiger partial charge in [0.2, 0.25) is 0 Å². The molecule has 0 spiro atoms. The van der Waals surface area contributed by atoms with E-state index in [1.807, 2.05) is 24.3 Å². The average molecular weight is 457 g/mol. The fourth-order valence-electron chi connectivity index (χ4n) is 4.81. The molecular formula is C27H32N6O. The number of aromatic nitrogens is 2. The number of fused-ring (bicyclic) bond motifs is 1. The number of anilines is 4. The molecule has 34 heavy (non-hydrogen) atoms. The first-order chi connectivity index (χ1) is 16.7. The summed E-state index contributed by atoms with van der Waals surface area (Å²) in [4.78, 5) is 26.9. The monoisotopic (exact) mass is 456 g/mol. The number of carbonyl (C=O) groups is 1. The van der Waals surface area contributed by atoms with E-state index in [1.54, 1.807) is 17.2 Å². The molecule has 2 aliphatic rings. The summed E-state index contributed by atoms with van der Waals surface area (Å²) >= 11 is 0. The highest BCUT2D eigenvalue weighted by Gasteiger charge is 2.28. The third-order valence-corrected chi connectivity index (χ3v) is 6.64. The van der Waals surface area contributed by atoms with E-state index in [-0.39, 0.29) is 12.1 Å². The van der Waals surface area contributed by atoms with Crippen molar-refractivity contribution in [2.75, 3.05) is 40.1 Å². The van der Waals surface area contributed by atoms with Gasteiger partial charge in [-0.25, -0.2) is 14.8 Å². The molecule has 0 radical (unpaired) electrons. The Morgan fingerprint density at radius 1 is 1.03 bits per heavy atom. The van der Waals surface area contributed by atoms with Crippen LogP contribution in [-0.2, 0) is 0 Å². The molecule has 0 bridgehead atoms.